The third-order valence-electron chi connectivity index (χ3n) is 3.18. The third kappa shape index (κ3) is 2.08. The molecule has 0 bridgehead atoms. The number of methoxy groups -OCH3 is 2. The Morgan fingerprint density at radius 1 is 1.53 bits per heavy atom. The number of carbonyl (C=O) groups is 1. The van der Waals surface area contributed by atoms with Crippen molar-refractivity contribution >= 4 is 5.97 Å². The molecule has 1 aromatic rings. The summed E-state index contributed by atoms with van der Waals surface area (Å²) >= 11 is 0. The van der Waals surface area contributed by atoms with E-state index in [1.807, 2.05) is 0 Å². The summed E-state index contributed by atoms with van der Waals surface area (Å²) < 4.78 is 15.1. The van der Waals surface area contributed by atoms with Crippen molar-refractivity contribution in [1.29, 1.82) is 0 Å². The Morgan fingerprint density at radius 3 is 2.76 bits per heavy atom. The number of hydrogen-bond donors (Lipinski definition) is 1. The van der Waals surface area contributed by atoms with Crippen LogP contribution in [0.15, 0.2) is 16.5 Å². The van der Waals surface area contributed by atoms with Crippen LogP contribution in [0.3, 0.4) is 0 Å². The van der Waals surface area contributed by atoms with Crippen molar-refractivity contribution in [2.24, 2.45) is 0 Å². The lowest BCUT2D eigenvalue weighted by molar-refractivity contribution is -0.152. The molecule has 1 heterocycles. The Morgan fingerprint density at radius 2 is 2.24 bits per heavy atom. The Bertz CT molecular complexity index is 405. The molecule has 0 radical (unpaired) electrons. The van der Waals surface area contributed by atoms with Gasteiger partial charge in [-0.15, -0.1) is 0 Å². The number of rotatable bonds is 5. The summed E-state index contributed by atoms with van der Waals surface area (Å²) in [5.41, 5.74) is -0.598. The van der Waals surface area contributed by atoms with Gasteiger partial charge < -0.3 is 19.0 Å². The molecular formula is C12H16O5. The van der Waals surface area contributed by atoms with Gasteiger partial charge in [0.2, 0.25) is 0 Å². The number of ether oxygens (including phenoxy) is 2. The van der Waals surface area contributed by atoms with Gasteiger partial charge in [-0.05, 0) is 25.0 Å². The first kappa shape index (κ1) is 12.1. The number of aliphatic hydroxyl groups is 1. The molecule has 94 valence electrons. The molecule has 1 unspecified atom stereocenters. The normalized spacial score (nSPS) is 18.8. The summed E-state index contributed by atoms with van der Waals surface area (Å²) in [7, 11) is 2.85. The predicted octanol–water partition coefficient (Wildman–Crippen LogP) is 0.991. The maximum Gasteiger partial charge on any atom is 0.335 e. The largest absolute Gasteiger partial charge is 0.467 e. The lowest BCUT2D eigenvalue weighted by atomic mass is 9.96. The van der Waals surface area contributed by atoms with E-state index in [0.29, 0.717) is 18.1 Å². The number of carbonyl (C=O) groups excluding carboxylic acids is 1. The standard InChI is InChI=1S/C12H16O5/c1-15-7-8-3-4-9(17-8)12(5-6-12)10(13)11(14)16-2/h3-4,10,13H,5-7H2,1-2H3. The van der Waals surface area contributed by atoms with E-state index < -0.39 is 17.5 Å². The lowest BCUT2D eigenvalue weighted by Gasteiger charge is -2.17. The Labute approximate surface area is 99.3 Å². The minimum absolute atomic E-state index is 0.379. The van der Waals surface area contributed by atoms with Gasteiger partial charge in [0.25, 0.3) is 0 Å². The van der Waals surface area contributed by atoms with Crippen LogP contribution < -0.4 is 0 Å². The number of furan rings is 1. The molecule has 2 rings (SSSR count). The third-order valence-corrected chi connectivity index (χ3v) is 3.18. The van der Waals surface area contributed by atoms with Crippen LogP contribution in [0, 0.1) is 0 Å². The number of hydrogen-bond acceptors (Lipinski definition) is 5. The van der Waals surface area contributed by atoms with Gasteiger partial charge in [-0.1, -0.05) is 0 Å². The van der Waals surface area contributed by atoms with Gasteiger partial charge in [0, 0.05) is 7.11 Å². The van der Waals surface area contributed by atoms with Crippen LogP contribution in [0.2, 0.25) is 0 Å². The zero-order chi connectivity index (χ0) is 12.5. The molecule has 5 heteroatoms. The molecular weight excluding hydrogens is 224 g/mol. The second-order valence-corrected chi connectivity index (χ2v) is 4.28. The highest BCUT2D eigenvalue weighted by molar-refractivity contribution is 5.77. The molecule has 0 saturated heterocycles. The van der Waals surface area contributed by atoms with Gasteiger partial charge in [0.1, 0.15) is 18.1 Å². The van der Waals surface area contributed by atoms with Gasteiger partial charge in [0.15, 0.2) is 6.10 Å². The first-order valence-electron chi connectivity index (χ1n) is 5.48. The highest BCUT2D eigenvalue weighted by atomic mass is 16.5. The van der Waals surface area contributed by atoms with E-state index in [0.717, 1.165) is 12.8 Å². The van der Waals surface area contributed by atoms with E-state index in [2.05, 4.69) is 4.74 Å². The molecule has 0 spiro atoms. The van der Waals surface area contributed by atoms with Crippen LogP contribution in [-0.2, 0) is 26.3 Å². The monoisotopic (exact) mass is 240 g/mol. The van der Waals surface area contributed by atoms with Crippen molar-refractivity contribution in [1.82, 2.24) is 0 Å². The van der Waals surface area contributed by atoms with Gasteiger partial charge in [0.05, 0.1) is 12.5 Å². The second-order valence-electron chi connectivity index (χ2n) is 4.28. The summed E-state index contributed by atoms with van der Waals surface area (Å²) in [4.78, 5) is 11.4. The van der Waals surface area contributed by atoms with Crippen molar-refractivity contribution < 1.29 is 23.8 Å². The van der Waals surface area contributed by atoms with Gasteiger partial charge >= 0.3 is 5.97 Å². The quantitative estimate of drug-likeness (QED) is 0.777. The highest BCUT2D eigenvalue weighted by Crippen LogP contribution is 2.51. The lowest BCUT2D eigenvalue weighted by Crippen LogP contribution is -2.34. The van der Waals surface area contributed by atoms with Crippen LogP contribution in [0.25, 0.3) is 0 Å². The van der Waals surface area contributed by atoms with E-state index >= 15 is 0 Å². The van der Waals surface area contributed by atoms with E-state index in [9.17, 15) is 9.90 Å². The van der Waals surface area contributed by atoms with Crippen LogP contribution in [-0.4, -0.2) is 31.4 Å². The highest BCUT2D eigenvalue weighted by Gasteiger charge is 2.56. The SMILES string of the molecule is COCc1ccc(C2(C(O)C(=O)OC)CC2)o1. The molecule has 5 nitrogen and oxygen atoms in total. The summed E-state index contributed by atoms with van der Waals surface area (Å²) in [5, 5.41) is 9.93. The fraction of sp³-hybridized carbons (Fsp3) is 0.583. The minimum atomic E-state index is -1.16. The Kier molecular flexibility index (Phi) is 3.22. The summed E-state index contributed by atoms with van der Waals surface area (Å²) in [6, 6.07) is 3.58. The molecule has 1 saturated carbocycles. The topological polar surface area (TPSA) is 68.9 Å². The van der Waals surface area contributed by atoms with Crippen molar-refractivity contribution in [2.75, 3.05) is 14.2 Å². The number of aliphatic hydroxyl groups excluding tert-OH is 1. The van der Waals surface area contributed by atoms with E-state index in [-0.39, 0.29) is 0 Å². The molecule has 1 atom stereocenters. The maximum absolute atomic E-state index is 11.4. The molecule has 1 N–H and O–H groups in total. The summed E-state index contributed by atoms with van der Waals surface area (Å²) in [6.45, 7) is 0.379. The van der Waals surface area contributed by atoms with E-state index in [4.69, 9.17) is 9.15 Å². The van der Waals surface area contributed by atoms with Crippen molar-refractivity contribution in [3.05, 3.63) is 23.7 Å². The first-order valence-corrected chi connectivity index (χ1v) is 5.48. The summed E-state index contributed by atoms with van der Waals surface area (Å²) in [5.74, 6) is 0.695. The van der Waals surface area contributed by atoms with Gasteiger partial charge in [-0.25, -0.2) is 4.79 Å². The Balaban J connectivity index is 2.17. The van der Waals surface area contributed by atoms with Gasteiger partial charge in [-0.3, -0.25) is 0 Å². The van der Waals surface area contributed by atoms with Crippen LogP contribution in [0.5, 0.6) is 0 Å². The minimum Gasteiger partial charge on any atom is -0.467 e. The average Bonchev–Trinajstić information content (AvgIpc) is 3.02. The number of esters is 1. The smallest absolute Gasteiger partial charge is 0.335 e. The predicted molar refractivity (Wildman–Crippen MR) is 58.4 cm³/mol. The van der Waals surface area contributed by atoms with Crippen LogP contribution in [0.4, 0.5) is 0 Å². The van der Waals surface area contributed by atoms with Crippen molar-refractivity contribution in [3.8, 4) is 0 Å². The van der Waals surface area contributed by atoms with Crippen LogP contribution >= 0.6 is 0 Å². The summed E-state index contributed by atoms with van der Waals surface area (Å²) in [6.07, 6.45) is 0.293. The van der Waals surface area contributed by atoms with Gasteiger partial charge in [-0.2, -0.15) is 0 Å². The molecule has 1 aliphatic rings. The fourth-order valence-corrected chi connectivity index (χ4v) is 1.99. The molecule has 1 aromatic heterocycles. The average molecular weight is 240 g/mol. The Hall–Kier alpha value is -1.33. The molecule has 1 aliphatic carbocycles. The van der Waals surface area contributed by atoms with Crippen LogP contribution in [0.1, 0.15) is 24.4 Å². The molecule has 17 heavy (non-hydrogen) atoms. The second kappa shape index (κ2) is 4.50. The van der Waals surface area contributed by atoms with Crippen molar-refractivity contribution in [3.63, 3.8) is 0 Å². The molecule has 0 aliphatic heterocycles. The molecule has 0 aromatic carbocycles. The zero-order valence-corrected chi connectivity index (χ0v) is 9.93. The maximum atomic E-state index is 11.4. The first-order chi connectivity index (χ1) is 8.14. The molecule has 1 fully saturated rings. The fourth-order valence-electron chi connectivity index (χ4n) is 1.99. The molecule has 0 amide bonds. The zero-order valence-electron chi connectivity index (χ0n) is 9.93. The van der Waals surface area contributed by atoms with Crippen molar-refractivity contribution in [2.45, 2.75) is 31.0 Å². The van der Waals surface area contributed by atoms with E-state index in [1.165, 1.54) is 7.11 Å². The van der Waals surface area contributed by atoms with E-state index in [1.54, 1.807) is 19.2 Å².